The Bertz CT molecular complexity index is 330. The molecule has 76 valence electrons. The lowest BCUT2D eigenvalue weighted by atomic mass is 10.3. The van der Waals surface area contributed by atoms with Crippen LogP contribution < -0.4 is 10.6 Å². The number of pyridine rings is 1. The van der Waals surface area contributed by atoms with Crippen LogP contribution in [-0.2, 0) is 4.79 Å². The third-order valence-electron chi connectivity index (χ3n) is 1.72. The number of anilines is 1. The number of halogens is 1. The summed E-state index contributed by atoms with van der Waals surface area (Å²) in [6.45, 7) is 1.75. The Hall–Kier alpha value is -1.29. The summed E-state index contributed by atoms with van der Waals surface area (Å²) in [6, 6.07) is 4.88. The van der Waals surface area contributed by atoms with E-state index in [0.29, 0.717) is 11.0 Å². The molecule has 0 spiro atoms. The maximum Gasteiger partial charge on any atom is 0.241 e. The fourth-order valence-electron chi connectivity index (χ4n) is 0.993. The predicted octanol–water partition coefficient (Wildman–Crippen LogP) is 1.28. The van der Waals surface area contributed by atoms with Gasteiger partial charge in [-0.25, -0.2) is 4.98 Å². The van der Waals surface area contributed by atoms with Crippen LogP contribution in [0.3, 0.4) is 0 Å². The molecule has 0 aliphatic heterocycles. The molecule has 0 radical (unpaired) electrons. The van der Waals surface area contributed by atoms with Crippen LogP contribution in [0.15, 0.2) is 18.2 Å². The Balaban J connectivity index is 2.64. The van der Waals surface area contributed by atoms with Crippen molar-refractivity contribution in [3.63, 3.8) is 0 Å². The lowest BCUT2D eigenvalue weighted by Crippen LogP contribution is -2.35. The smallest absolute Gasteiger partial charge is 0.241 e. The van der Waals surface area contributed by atoms with E-state index in [-0.39, 0.29) is 11.9 Å². The molecular weight excluding hydrogens is 202 g/mol. The van der Waals surface area contributed by atoms with E-state index >= 15 is 0 Å². The van der Waals surface area contributed by atoms with Crippen molar-refractivity contribution in [1.29, 1.82) is 0 Å². The van der Waals surface area contributed by atoms with Crippen molar-refractivity contribution in [2.24, 2.45) is 0 Å². The number of hydrogen-bond acceptors (Lipinski definition) is 3. The predicted molar refractivity (Wildman–Crippen MR) is 56.4 cm³/mol. The quantitative estimate of drug-likeness (QED) is 0.744. The molecule has 1 aromatic heterocycles. The van der Waals surface area contributed by atoms with Crippen molar-refractivity contribution in [2.45, 2.75) is 13.0 Å². The first kappa shape index (κ1) is 10.8. The summed E-state index contributed by atoms with van der Waals surface area (Å²) in [5.74, 6) is 0.500. The molecule has 0 aliphatic rings. The van der Waals surface area contributed by atoms with Crippen molar-refractivity contribution in [3.05, 3.63) is 23.4 Å². The highest BCUT2D eigenvalue weighted by molar-refractivity contribution is 6.29. The van der Waals surface area contributed by atoms with E-state index in [2.05, 4.69) is 15.6 Å². The number of rotatable bonds is 3. The monoisotopic (exact) mass is 213 g/mol. The van der Waals surface area contributed by atoms with Gasteiger partial charge in [-0.05, 0) is 19.1 Å². The summed E-state index contributed by atoms with van der Waals surface area (Å²) in [4.78, 5) is 15.2. The largest absolute Gasteiger partial charge is 0.359 e. The summed E-state index contributed by atoms with van der Waals surface area (Å²) in [5, 5.41) is 5.87. The van der Waals surface area contributed by atoms with Crippen LogP contribution in [0.5, 0.6) is 0 Å². The second kappa shape index (κ2) is 4.81. The molecule has 0 saturated heterocycles. The van der Waals surface area contributed by atoms with Gasteiger partial charge in [-0.1, -0.05) is 17.7 Å². The van der Waals surface area contributed by atoms with Gasteiger partial charge < -0.3 is 10.6 Å². The molecular formula is C9H12ClN3O. The number of carbonyl (C=O) groups is 1. The minimum absolute atomic E-state index is 0.0909. The zero-order valence-corrected chi connectivity index (χ0v) is 8.80. The fourth-order valence-corrected chi connectivity index (χ4v) is 1.16. The van der Waals surface area contributed by atoms with Crippen molar-refractivity contribution in [2.75, 3.05) is 12.4 Å². The van der Waals surface area contributed by atoms with E-state index in [1.165, 1.54) is 0 Å². The van der Waals surface area contributed by atoms with Crippen LogP contribution in [0.1, 0.15) is 6.92 Å². The molecule has 1 aromatic rings. The van der Waals surface area contributed by atoms with Crippen molar-refractivity contribution >= 4 is 23.3 Å². The maximum atomic E-state index is 11.2. The van der Waals surface area contributed by atoms with Gasteiger partial charge in [-0.15, -0.1) is 0 Å². The molecule has 0 aliphatic carbocycles. The van der Waals surface area contributed by atoms with E-state index in [1.54, 1.807) is 32.2 Å². The number of aromatic nitrogens is 1. The Morgan fingerprint density at radius 2 is 2.29 bits per heavy atom. The third kappa shape index (κ3) is 2.88. The standard InChI is InChI=1S/C9H12ClN3O/c1-6(9(14)11-2)12-8-5-3-4-7(10)13-8/h3-6H,1-2H3,(H,11,14)(H,12,13)/t6-/m0/s1. The van der Waals surface area contributed by atoms with E-state index in [9.17, 15) is 4.79 Å². The second-order valence-corrected chi connectivity index (χ2v) is 3.21. The Kier molecular flexibility index (Phi) is 3.71. The van der Waals surface area contributed by atoms with Crippen LogP contribution >= 0.6 is 11.6 Å². The van der Waals surface area contributed by atoms with E-state index in [1.807, 2.05) is 0 Å². The van der Waals surface area contributed by atoms with Crippen molar-refractivity contribution < 1.29 is 4.79 Å². The Morgan fingerprint density at radius 1 is 1.57 bits per heavy atom. The highest BCUT2D eigenvalue weighted by Crippen LogP contribution is 2.09. The SMILES string of the molecule is CNC(=O)[C@H](C)Nc1cccc(Cl)n1. The zero-order chi connectivity index (χ0) is 10.6. The number of hydrogen-bond donors (Lipinski definition) is 2. The highest BCUT2D eigenvalue weighted by Gasteiger charge is 2.10. The normalized spacial score (nSPS) is 11.9. The molecule has 0 fully saturated rings. The van der Waals surface area contributed by atoms with Gasteiger partial charge >= 0.3 is 0 Å². The average molecular weight is 214 g/mol. The molecule has 2 N–H and O–H groups in total. The van der Waals surface area contributed by atoms with Crippen LogP contribution in [0.25, 0.3) is 0 Å². The van der Waals surface area contributed by atoms with Crippen LogP contribution in [0.2, 0.25) is 5.15 Å². The molecule has 1 heterocycles. The third-order valence-corrected chi connectivity index (χ3v) is 1.93. The number of carbonyl (C=O) groups excluding carboxylic acids is 1. The van der Waals surface area contributed by atoms with Crippen LogP contribution in [0.4, 0.5) is 5.82 Å². The van der Waals surface area contributed by atoms with E-state index in [4.69, 9.17) is 11.6 Å². The Morgan fingerprint density at radius 3 is 2.86 bits per heavy atom. The van der Waals surface area contributed by atoms with E-state index < -0.39 is 0 Å². The number of nitrogens with zero attached hydrogens (tertiary/aromatic N) is 1. The molecule has 0 aromatic carbocycles. The molecule has 1 atom stereocenters. The molecule has 14 heavy (non-hydrogen) atoms. The van der Waals surface area contributed by atoms with Gasteiger partial charge in [-0.2, -0.15) is 0 Å². The fraction of sp³-hybridized carbons (Fsp3) is 0.333. The van der Waals surface area contributed by atoms with Crippen molar-refractivity contribution in [3.8, 4) is 0 Å². The summed E-state index contributed by atoms with van der Waals surface area (Å²) in [5.41, 5.74) is 0. The minimum atomic E-state index is -0.328. The molecule has 0 unspecified atom stereocenters. The average Bonchev–Trinajstić information content (AvgIpc) is 2.16. The Labute approximate surface area is 87.7 Å². The van der Waals surface area contributed by atoms with Gasteiger partial charge in [0.2, 0.25) is 5.91 Å². The maximum absolute atomic E-state index is 11.2. The van der Waals surface area contributed by atoms with Gasteiger partial charge in [0.15, 0.2) is 0 Å². The molecule has 1 rings (SSSR count). The first-order chi connectivity index (χ1) is 6.63. The highest BCUT2D eigenvalue weighted by atomic mass is 35.5. The zero-order valence-electron chi connectivity index (χ0n) is 8.04. The number of amides is 1. The van der Waals surface area contributed by atoms with Gasteiger partial charge in [-0.3, -0.25) is 4.79 Å². The minimum Gasteiger partial charge on any atom is -0.359 e. The topological polar surface area (TPSA) is 54.0 Å². The van der Waals surface area contributed by atoms with Gasteiger partial charge in [0.1, 0.15) is 17.0 Å². The molecule has 0 saturated carbocycles. The lowest BCUT2D eigenvalue weighted by molar-refractivity contribution is -0.121. The van der Waals surface area contributed by atoms with E-state index in [0.717, 1.165) is 0 Å². The van der Waals surface area contributed by atoms with Crippen molar-refractivity contribution in [1.82, 2.24) is 10.3 Å². The van der Waals surface area contributed by atoms with Gasteiger partial charge in [0.05, 0.1) is 0 Å². The first-order valence-electron chi connectivity index (χ1n) is 4.24. The van der Waals surface area contributed by atoms with Crippen LogP contribution in [0, 0.1) is 0 Å². The summed E-state index contributed by atoms with van der Waals surface area (Å²) >= 11 is 5.69. The van der Waals surface area contributed by atoms with Gasteiger partial charge in [0, 0.05) is 7.05 Å². The molecule has 0 bridgehead atoms. The molecule has 4 nitrogen and oxygen atoms in total. The lowest BCUT2D eigenvalue weighted by Gasteiger charge is -2.12. The summed E-state index contributed by atoms with van der Waals surface area (Å²) < 4.78 is 0. The van der Waals surface area contributed by atoms with Gasteiger partial charge in [0.25, 0.3) is 0 Å². The summed E-state index contributed by atoms with van der Waals surface area (Å²) in [7, 11) is 1.59. The second-order valence-electron chi connectivity index (χ2n) is 2.83. The molecule has 1 amide bonds. The van der Waals surface area contributed by atoms with Crippen LogP contribution in [-0.4, -0.2) is 24.0 Å². The molecule has 5 heteroatoms. The number of likely N-dealkylation sites (N-methyl/N-ethyl adjacent to an activating group) is 1. The number of nitrogens with one attached hydrogen (secondary N) is 2. The first-order valence-corrected chi connectivity index (χ1v) is 4.62. The summed E-state index contributed by atoms with van der Waals surface area (Å²) in [6.07, 6.45) is 0.